The van der Waals surface area contributed by atoms with Crippen molar-refractivity contribution >= 4 is 39.0 Å². The Morgan fingerprint density at radius 1 is 1.21 bits per heavy atom. The quantitative estimate of drug-likeness (QED) is 0.603. The Morgan fingerprint density at radius 2 is 1.83 bits per heavy atom. The Kier molecular flexibility index (Phi) is 6.34. The van der Waals surface area contributed by atoms with Crippen LogP contribution >= 0.6 is 11.3 Å². The number of nitrogen functional groups attached to an aromatic ring is 1. The van der Waals surface area contributed by atoms with Crippen molar-refractivity contribution in [3.8, 4) is 11.1 Å². The van der Waals surface area contributed by atoms with Crippen molar-refractivity contribution in [2.45, 2.75) is 32.7 Å². The minimum Gasteiger partial charge on any atom is -0.397 e. The molecule has 3 heterocycles. The summed E-state index contributed by atoms with van der Waals surface area (Å²) in [5.41, 5.74) is 19.6. The standard InChI is InChI=1S/C19H20FN5OS.C2H6/c20-11-3-1-10(2-4-11)13-9-14(25-7-5-12(21)6-8-25)24-19-15(13)16(22)17(27-19)18(23)26;1-2/h1-4,9,12H,5-8,21-22H2,(H2,23,26);1-2H3. The predicted molar refractivity (Wildman–Crippen MR) is 119 cm³/mol. The first kappa shape index (κ1) is 21.0. The minimum atomic E-state index is -0.578. The number of pyridine rings is 1. The molecule has 2 aromatic heterocycles. The molecule has 1 aliphatic heterocycles. The number of benzene rings is 1. The zero-order chi connectivity index (χ0) is 21.1. The van der Waals surface area contributed by atoms with E-state index in [1.54, 1.807) is 12.1 Å². The number of anilines is 2. The van der Waals surface area contributed by atoms with Crippen LogP contribution in [0.2, 0.25) is 0 Å². The number of piperidine rings is 1. The molecule has 0 aliphatic carbocycles. The molecule has 0 bridgehead atoms. The van der Waals surface area contributed by atoms with Crippen LogP contribution in [0.25, 0.3) is 21.3 Å². The lowest BCUT2D eigenvalue weighted by molar-refractivity contribution is 0.100. The highest BCUT2D eigenvalue weighted by molar-refractivity contribution is 7.21. The molecule has 1 amide bonds. The number of hydrogen-bond donors (Lipinski definition) is 3. The highest BCUT2D eigenvalue weighted by atomic mass is 32.1. The summed E-state index contributed by atoms with van der Waals surface area (Å²) in [7, 11) is 0. The number of thiophene rings is 1. The van der Waals surface area contributed by atoms with E-state index in [-0.39, 0.29) is 11.9 Å². The first-order valence-corrected chi connectivity index (χ1v) is 10.5. The van der Waals surface area contributed by atoms with Gasteiger partial charge in [0.25, 0.3) is 5.91 Å². The Labute approximate surface area is 173 Å². The number of primary amides is 1. The number of aromatic nitrogens is 1. The first-order chi connectivity index (χ1) is 13.9. The lowest BCUT2D eigenvalue weighted by atomic mass is 10.0. The Morgan fingerprint density at radius 3 is 2.41 bits per heavy atom. The fraction of sp³-hybridized carbons (Fsp3) is 0.333. The van der Waals surface area contributed by atoms with Gasteiger partial charge in [0.05, 0.1) is 5.69 Å². The zero-order valence-corrected chi connectivity index (χ0v) is 17.4. The molecule has 8 heteroatoms. The van der Waals surface area contributed by atoms with Gasteiger partial charge in [0.2, 0.25) is 0 Å². The number of amides is 1. The Bertz CT molecular complexity index is 1010. The smallest absolute Gasteiger partial charge is 0.260 e. The third kappa shape index (κ3) is 4.18. The van der Waals surface area contributed by atoms with E-state index in [9.17, 15) is 9.18 Å². The maximum absolute atomic E-state index is 13.4. The van der Waals surface area contributed by atoms with Crippen LogP contribution in [0.1, 0.15) is 36.4 Å². The van der Waals surface area contributed by atoms with Crippen LogP contribution in [0.4, 0.5) is 15.9 Å². The zero-order valence-electron chi connectivity index (χ0n) is 16.6. The molecule has 1 saturated heterocycles. The maximum Gasteiger partial charge on any atom is 0.260 e. The van der Waals surface area contributed by atoms with Crippen molar-refractivity contribution in [2.24, 2.45) is 11.5 Å². The predicted octanol–water partition coefficient (Wildman–Crippen LogP) is 3.74. The van der Waals surface area contributed by atoms with Crippen molar-refractivity contribution in [1.82, 2.24) is 4.98 Å². The molecule has 0 spiro atoms. The number of carbonyl (C=O) groups is 1. The molecule has 6 nitrogen and oxygen atoms in total. The fourth-order valence-corrected chi connectivity index (χ4v) is 4.41. The van der Waals surface area contributed by atoms with E-state index in [0.717, 1.165) is 42.9 Å². The first-order valence-electron chi connectivity index (χ1n) is 9.73. The number of hydrogen-bond acceptors (Lipinski definition) is 6. The third-order valence-electron chi connectivity index (χ3n) is 4.93. The van der Waals surface area contributed by atoms with Crippen LogP contribution < -0.4 is 22.1 Å². The van der Waals surface area contributed by atoms with Gasteiger partial charge in [-0.3, -0.25) is 4.79 Å². The SMILES string of the molecule is CC.NC(=O)c1sc2nc(N3CCC(N)CC3)cc(-c3ccc(F)cc3)c2c1N. The molecule has 3 aromatic rings. The maximum atomic E-state index is 13.4. The summed E-state index contributed by atoms with van der Waals surface area (Å²) >= 11 is 1.19. The van der Waals surface area contributed by atoms with Gasteiger partial charge in [-0.25, -0.2) is 9.37 Å². The van der Waals surface area contributed by atoms with Crippen LogP contribution in [-0.4, -0.2) is 30.0 Å². The monoisotopic (exact) mass is 415 g/mol. The van der Waals surface area contributed by atoms with Gasteiger partial charge in [0, 0.05) is 24.5 Å². The number of fused-ring (bicyclic) bond motifs is 1. The topological polar surface area (TPSA) is 111 Å². The molecule has 0 radical (unpaired) electrons. The highest BCUT2D eigenvalue weighted by Crippen LogP contribution is 2.41. The summed E-state index contributed by atoms with van der Waals surface area (Å²) in [6.07, 6.45) is 1.79. The third-order valence-corrected chi connectivity index (χ3v) is 6.04. The number of nitrogens with two attached hydrogens (primary N) is 3. The van der Waals surface area contributed by atoms with Gasteiger partial charge in [0.1, 0.15) is 21.3 Å². The Balaban J connectivity index is 0.00000117. The fourth-order valence-electron chi connectivity index (χ4n) is 3.44. The van der Waals surface area contributed by atoms with Gasteiger partial charge in [-0.15, -0.1) is 11.3 Å². The normalized spacial score (nSPS) is 14.6. The molecule has 0 unspecified atom stereocenters. The molecule has 1 aliphatic rings. The molecule has 1 fully saturated rings. The van der Waals surface area contributed by atoms with E-state index in [1.165, 1.54) is 23.5 Å². The number of rotatable bonds is 3. The second-order valence-corrected chi connectivity index (χ2v) is 7.75. The van der Waals surface area contributed by atoms with Gasteiger partial charge >= 0.3 is 0 Å². The van der Waals surface area contributed by atoms with E-state index in [0.29, 0.717) is 20.8 Å². The van der Waals surface area contributed by atoms with Gasteiger partial charge < -0.3 is 22.1 Å². The summed E-state index contributed by atoms with van der Waals surface area (Å²) in [5.74, 6) is -0.0949. The number of halogens is 1. The molecule has 29 heavy (non-hydrogen) atoms. The summed E-state index contributed by atoms with van der Waals surface area (Å²) in [5, 5.41) is 0.679. The van der Waals surface area contributed by atoms with Gasteiger partial charge in [0.15, 0.2) is 0 Å². The summed E-state index contributed by atoms with van der Waals surface area (Å²) in [6, 6.07) is 8.35. The highest BCUT2D eigenvalue weighted by Gasteiger charge is 2.23. The van der Waals surface area contributed by atoms with E-state index >= 15 is 0 Å². The lowest BCUT2D eigenvalue weighted by Gasteiger charge is -2.31. The molecule has 1 aromatic carbocycles. The average molecular weight is 416 g/mol. The average Bonchev–Trinajstić information content (AvgIpc) is 3.07. The summed E-state index contributed by atoms with van der Waals surface area (Å²) in [4.78, 5) is 19.6. The molecule has 6 N–H and O–H groups in total. The minimum absolute atomic E-state index is 0.209. The van der Waals surface area contributed by atoms with Crippen LogP contribution in [-0.2, 0) is 0 Å². The van der Waals surface area contributed by atoms with Gasteiger partial charge in [-0.05, 0) is 42.2 Å². The van der Waals surface area contributed by atoms with Crippen molar-refractivity contribution in [1.29, 1.82) is 0 Å². The van der Waals surface area contributed by atoms with E-state index in [1.807, 2.05) is 19.9 Å². The second kappa shape index (κ2) is 8.75. The molecule has 0 saturated carbocycles. The summed E-state index contributed by atoms with van der Waals surface area (Å²) in [6.45, 7) is 5.62. The summed E-state index contributed by atoms with van der Waals surface area (Å²) < 4.78 is 13.4. The number of nitrogens with zero attached hydrogens (tertiary/aromatic N) is 2. The molecular weight excluding hydrogens is 389 g/mol. The molecule has 0 atom stereocenters. The molecular formula is C21H26FN5OS. The van der Waals surface area contributed by atoms with Crippen LogP contribution in [0.3, 0.4) is 0 Å². The molecule has 154 valence electrons. The van der Waals surface area contributed by atoms with E-state index in [4.69, 9.17) is 22.2 Å². The second-order valence-electron chi connectivity index (χ2n) is 6.75. The largest absolute Gasteiger partial charge is 0.397 e. The van der Waals surface area contributed by atoms with Gasteiger partial charge in [-0.2, -0.15) is 0 Å². The van der Waals surface area contributed by atoms with Crippen LogP contribution in [0, 0.1) is 5.82 Å². The van der Waals surface area contributed by atoms with Gasteiger partial charge in [-0.1, -0.05) is 26.0 Å². The van der Waals surface area contributed by atoms with Crippen molar-refractivity contribution in [3.05, 3.63) is 41.0 Å². The van der Waals surface area contributed by atoms with E-state index in [2.05, 4.69) is 4.90 Å². The lowest BCUT2D eigenvalue weighted by Crippen LogP contribution is -2.40. The van der Waals surface area contributed by atoms with Crippen molar-refractivity contribution in [3.63, 3.8) is 0 Å². The van der Waals surface area contributed by atoms with Crippen molar-refractivity contribution < 1.29 is 9.18 Å². The molecule has 4 rings (SSSR count). The van der Waals surface area contributed by atoms with Crippen LogP contribution in [0.15, 0.2) is 30.3 Å². The van der Waals surface area contributed by atoms with Crippen molar-refractivity contribution in [2.75, 3.05) is 23.7 Å². The Hall–Kier alpha value is -2.71. The van der Waals surface area contributed by atoms with E-state index < -0.39 is 5.91 Å². The number of carbonyl (C=O) groups excluding carboxylic acids is 1. The van der Waals surface area contributed by atoms with Crippen LogP contribution in [0.5, 0.6) is 0 Å².